The monoisotopic (exact) mass is 848 g/mol. The molecule has 2 unspecified atom stereocenters. The fourth-order valence-electron chi connectivity index (χ4n) is 8.65. The molecule has 0 saturated carbocycles. The maximum Gasteiger partial charge on any atom is 0.175 e. The van der Waals surface area contributed by atoms with Crippen LogP contribution in [0.2, 0.25) is 0 Å². The average molecular weight is 849 g/mol. The number of sulfone groups is 3. The number of benzene rings is 4. The van der Waals surface area contributed by atoms with E-state index in [-0.39, 0.29) is 5.92 Å². The van der Waals surface area contributed by atoms with E-state index in [0.29, 0.717) is 26.5 Å². The summed E-state index contributed by atoms with van der Waals surface area (Å²) in [6.07, 6.45) is 11.5. The molecule has 2 aliphatic rings. The highest BCUT2D eigenvalue weighted by Crippen LogP contribution is 2.34. The molecule has 8 nitrogen and oxygen atoms in total. The predicted octanol–water partition coefficient (Wildman–Crippen LogP) is 8.91. The molecule has 11 heteroatoms. The lowest BCUT2D eigenvalue weighted by atomic mass is 9.86. The minimum atomic E-state index is -3.28. The normalized spacial score (nSPS) is 17.6. The van der Waals surface area contributed by atoms with Gasteiger partial charge in [0.1, 0.15) is 0 Å². The van der Waals surface area contributed by atoms with Gasteiger partial charge in [-0.2, -0.15) is 0 Å². The third kappa shape index (κ3) is 13.3. The van der Waals surface area contributed by atoms with Crippen LogP contribution < -0.4 is 0 Å². The summed E-state index contributed by atoms with van der Waals surface area (Å²) in [7, 11) is -9.59. The van der Waals surface area contributed by atoms with Crippen molar-refractivity contribution < 1.29 is 25.3 Å². The molecule has 2 saturated heterocycles. The maximum absolute atomic E-state index is 12.2. The molecule has 0 N–H and O–H groups in total. The lowest BCUT2D eigenvalue weighted by molar-refractivity contribution is 0.183. The van der Waals surface area contributed by atoms with E-state index in [9.17, 15) is 25.3 Å². The molecule has 0 aliphatic carbocycles. The van der Waals surface area contributed by atoms with Crippen LogP contribution >= 0.6 is 0 Å². The Kier molecular flexibility index (Phi) is 16.0. The van der Waals surface area contributed by atoms with Crippen LogP contribution in [-0.2, 0) is 29.5 Å². The molecule has 4 aromatic rings. The van der Waals surface area contributed by atoms with Crippen LogP contribution in [0.5, 0.6) is 0 Å². The van der Waals surface area contributed by atoms with Crippen LogP contribution in [0.25, 0.3) is 0 Å². The number of hydrogen-bond acceptors (Lipinski definition) is 8. The average Bonchev–Trinajstić information content (AvgIpc) is 3.18. The van der Waals surface area contributed by atoms with Crippen molar-refractivity contribution in [2.24, 2.45) is 5.92 Å². The van der Waals surface area contributed by atoms with Gasteiger partial charge in [-0.15, -0.1) is 0 Å². The minimum Gasteiger partial charge on any atom is -0.303 e. The van der Waals surface area contributed by atoms with Gasteiger partial charge in [0.05, 0.1) is 14.7 Å². The lowest BCUT2D eigenvalue weighted by Crippen LogP contribution is -2.36. The molecule has 4 aromatic carbocycles. The van der Waals surface area contributed by atoms with Crippen LogP contribution in [0.4, 0.5) is 0 Å². The maximum atomic E-state index is 12.2. The van der Waals surface area contributed by atoms with Crippen LogP contribution in [0, 0.1) is 12.8 Å². The van der Waals surface area contributed by atoms with Crippen molar-refractivity contribution in [3.05, 3.63) is 125 Å². The number of hydrogen-bond donors (Lipinski definition) is 0. The van der Waals surface area contributed by atoms with E-state index in [1.54, 1.807) is 18.2 Å². The third-order valence-corrected chi connectivity index (χ3v) is 15.2. The second kappa shape index (κ2) is 20.3. The van der Waals surface area contributed by atoms with Gasteiger partial charge in [-0.1, -0.05) is 86.5 Å². The van der Waals surface area contributed by atoms with Crippen LogP contribution in [-0.4, -0.2) is 93.1 Å². The molecule has 6 rings (SSSR count). The molecular weight excluding hydrogens is 785 g/mol. The molecule has 58 heavy (non-hydrogen) atoms. The van der Waals surface area contributed by atoms with Crippen molar-refractivity contribution in [3.8, 4) is 0 Å². The Bertz CT molecular complexity index is 2290. The molecule has 0 amide bonds. The van der Waals surface area contributed by atoms with Crippen LogP contribution in [0.3, 0.4) is 0 Å². The number of piperidine rings is 2. The highest BCUT2D eigenvalue weighted by molar-refractivity contribution is 7.91. The highest BCUT2D eigenvalue weighted by Gasteiger charge is 2.25. The SMILES string of the molecule is CCCC(C)CN1CCC(c2cccc(S(C)(=O)=O)c2)CC1.Cc1cccc(C(CCN2CCC(c3cccc(S(C)(=O)=O)c3)CC2)c2cccc(S(C)(=O)=O)c2)c1. The Morgan fingerprint density at radius 2 is 1.00 bits per heavy atom. The molecular formula is C47H64N2O6S3. The molecule has 2 heterocycles. The Balaban J connectivity index is 0.000000249. The molecule has 0 aromatic heterocycles. The first-order valence-electron chi connectivity index (χ1n) is 20.8. The molecule has 0 radical (unpaired) electrons. The molecule has 2 fully saturated rings. The standard InChI is InChI=1S/C29H35NO4S2.C18H29NO2S/c1-22-7-4-9-25(19-22)29(26-10-6-12-28(21-26)36(3,33)34)15-18-30-16-13-23(14-17-30)24-8-5-11-27(20-24)35(2,31)32;1-4-6-15(2)14-19-11-9-16(10-12-19)17-7-5-8-18(13-17)22(3,20)21/h4-12,19-21,23,29H,13-18H2,1-3H3;5,7-8,13,15-16H,4,6,9-12,14H2,1-3H3. The van der Waals surface area contributed by atoms with Gasteiger partial charge in [-0.3, -0.25) is 0 Å². The molecule has 316 valence electrons. The minimum absolute atomic E-state index is 0.107. The summed E-state index contributed by atoms with van der Waals surface area (Å²) in [4.78, 5) is 6.23. The zero-order valence-corrected chi connectivity index (χ0v) is 37.8. The van der Waals surface area contributed by atoms with E-state index in [1.165, 1.54) is 54.8 Å². The van der Waals surface area contributed by atoms with Gasteiger partial charge in [0.25, 0.3) is 0 Å². The fraction of sp³-hybridized carbons (Fsp3) is 0.489. The number of rotatable bonds is 14. The van der Waals surface area contributed by atoms with E-state index in [2.05, 4.69) is 60.9 Å². The van der Waals surface area contributed by atoms with E-state index >= 15 is 0 Å². The van der Waals surface area contributed by atoms with Crippen molar-refractivity contribution in [2.45, 2.75) is 98.2 Å². The summed E-state index contributed by atoms with van der Waals surface area (Å²) in [5.41, 5.74) is 5.70. The zero-order chi connectivity index (χ0) is 42.1. The van der Waals surface area contributed by atoms with Crippen LogP contribution in [0.1, 0.15) is 104 Å². The largest absolute Gasteiger partial charge is 0.303 e. The lowest BCUT2D eigenvalue weighted by Gasteiger charge is -2.33. The Morgan fingerprint density at radius 3 is 1.47 bits per heavy atom. The third-order valence-electron chi connectivity index (χ3n) is 11.9. The topological polar surface area (TPSA) is 109 Å². The van der Waals surface area contributed by atoms with Crippen molar-refractivity contribution in [3.63, 3.8) is 0 Å². The second-order valence-corrected chi connectivity index (χ2v) is 22.9. The van der Waals surface area contributed by atoms with Crippen molar-refractivity contribution in [1.82, 2.24) is 9.80 Å². The van der Waals surface area contributed by atoms with Crippen molar-refractivity contribution in [1.29, 1.82) is 0 Å². The predicted molar refractivity (Wildman–Crippen MR) is 237 cm³/mol. The van der Waals surface area contributed by atoms with Gasteiger partial charge in [0.15, 0.2) is 29.5 Å². The number of aryl methyl sites for hydroxylation is 1. The first-order chi connectivity index (χ1) is 27.4. The Labute approximate surface area is 349 Å². The molecule has 2 aliphatic heterocycles. The fourth-order valence-corrected chi connectivity index (χ4v) is 10.7. The van der Waals surface area contributed by atoms with E-state index < -0.39 is 29.5 Å². The smallest absolute Gasteiger partial charge is 0.175 e. The number of likely N-dealkylation sites (tertiary alicyclic amines) is 2. The first kappa shape index (κ1) is 45.7. The summed E-state index contributed by atoms with van der Waals surface area (Å²) in [5.74, 6) is 1.74. The van der Waals surface area contributed by atoms with E-state index in [1.807, 2.05) is 48.5 Å². The summed E-state index contributed by atoms with van der Waals surface area (Å²) in [5, 5.41) is 0. The van der Waals surface area contributed by atoms with Gasteiger partial charge >= 0.3 is 0 Å². The summed E-state index contributed by atoms with van der Waals surface area (Å²) < 4.78 is 71.7. The van der Waals surface area contributed by atoms with Gasteiger partial charge in [-0.25, -0.2) is 25.3 Å². The highest BCUT2D eigenvalue weighted by atomic mass is 32.2. The second-order valence-electron chi connectivity index (χ2n) is 16.9. The Morgan fingerprint density at radius 1 is 0.569 bits per heavy atom. The van der Waals surface area contributed by atoms with Gasteiger partial charge in [-0.05, 0) is 155 Å². The zero-order valence-electron chi connectivity index (χ0n) is 35.3. The van der Waals surface area contributed by atoms with Crippen molar-refractivity contribution >= 4 is 29.5 Å². The molecule has 2 atom stereocenters. The molecule has 0 bridgehead atoms. The van der Waals surface area contributed by atoms with E-state index in [0.717, 1.165) is 81.9 Å². The summed E-state index contributed by atoms with van der Waals surface area (Å²) in [6.45, 7) is 12.9. The first-order valence-corrected chi connectivity index (χ1v) is 26.5. The van der Waals surface area contributed by atoms with Gasteiger partial charge in [0, 0.05) is 31.2 Å². The summed E-state index contributed by atoms with van der Waals surface area (Å²) >= 11 is 0. The summed E-state index contributed by atoms with van der Waals surface area (Å²) in [6, 6.07) is 30.7. The number of nitrogens with zero attached hydrogens (tertiary/aromatic N) is 2. The van der Waals surface area contributed by atoms with Gasteiger partial charge < -0.3 is 9.80 Å². The molecule has 0 spiro atoms. The van der Waals surface area contributed by atoms with Crippen LogP contribution in [0.15, 0.2) is 112 Å². The van der Waals surface area contributed by atoms with Crippen molar-refractivity contribution in [2.75, 3.05) is 58.0 Å². The van der Waals surface area contributed by atoms with Gasteiger partial charge in [0.2, 0.25) is 0 Å². The quantitative estimate of drug-likeness (QED) is 0.124. The Hall–Kier alpha value is -3.35. The van der Waals surface area contributed by atoms with E-state index in [4.69, 9.17) is 0 Å².